The molecule has 0 bridgehead atoms. The summed E-state index contributed by atoms with van der Waals surface area (Å²) in [5.74, 6) is -0.712. The average molecular weight is 360 g/mol. The zero-order valence-corrected chi connectivity index (χ0v) is 12.4. The van der Waals surface area contributed by atoms with Crippen molar-refractivity contribution in [3.8, 4) is 11.3 Å². The standard InChI is InChI=1S/C15H10BrF4N/c16-14-10-3-1-2-8(10)6-13(21-14)11-7-9(17)4-5-12(11)15(18,19)20/h4-7H,1-3H2. The molecule has 0 saturated heterocycles. The van der Waals surface area contributed by atoms with Crippen LogP contribution in [0.25, 0.3) is 11.3 Å². The highest BCUT2D eigenvalue weighted by Crippen LogP contribution is 2.39. The highest BCUT2D eigenvalue weighted by Gasteiger charge is 2.34. The predicted octanol–water partition coefficient (Wildman–Crippen LogP) is 5.16. The smallest absolute Gasteiger partial charge is 0.241 e. The lowest BCUT2D eigenvalue weighted by molar-refractivity contribution is -0.137. The quantitative estimate of drug-likeness (QED) is 0.506. The molecule has 1 aromatic carbocycles. The Labute approximate surface area is 127 Å². The molecule has 0 atom stereocenters. The van der Waals surface area contributed by atoms with Crippen LogP contribution < -0.4 is 0 Å². The van der Waals surface area contributed by atoms with Gasteiger partial charge in [-0.2, -0.15) is 13.2 Å². The summed E-state index contributed by atoms with van der Waals surface area (Å²) in [4.78, 5) is 4.18. The lowest BCUT2D eigenvalue weighted by atomic mass is 10.0. The van der Waals surface area contributed by atoms with Crippen LogP contribution in [0.1, 0.15) is 23.1 Å². The third-order valence-electron chi connectivity index (χ3n) is 3.60. The molecule has 0 saturated carbocycles. The second-order valence-corrected chi connectivity index (χ2v) is 5.73. The van der Waals surface area contributed by atoms with E-state index in [-0.39, 0.29) is 11.3 Å². The molecule has 1 aliphatic rings. The summed E-state index contributed by atoms with van der Waals surface area (Å²) < 4.78 is 53.2. The first-order chi connectivity index (χ1) is 9.86. The number of halogens is 5. The fourth-order valence-corrected chi connectivity index (χ4v) is 3.29. The molecular formula is C15H10BrF4N. The fourth-order valence-electron chi connectivity index (χ4n) is 2.65. The number of fused-ring (bicyclic) bond motifs is 1. The summed E-state index contributed by atoms with van der Waals surface area (Å²) in [6.07, 6.45) is -1.93. The summed E-state index contributed by atoms with van der Waals surface area (Å²) in [6, 6.07) is 4.10. The van der Waals surface area contributed by atoms with E-state index in [9.17, 15) is 17.6 Å². The van der Waals surface area contributed by atoms with Crippen LogP contribution in [-0.2, 0) is 19.0 Å². The van der Waals surface area contributed by atoms with E-state index in [1.807, 2.05) is 0 Å². The average Bonchev–Trinajstić information content (AvgIpc) is 2.86. The lowest BCUT2D eigenvalue weighted by Gasteiger charge is -2.14. The summed E-state index contributed by atoms with van der Waals surface area (Å²) in [5.41, 5.74) is 1.06. The normalized spacial score (nSPS) is 14.3. The van der Waals surface area contributed by atoms with E-state index >= 15 is 0 Å². The molecule has 1 heterocycles. The molecule has 0 N–H and O–H groups in total. The molecule has 3 rings (SSSR count). The van der Waals surface area contributed by atoms with Gasteiger partial charge in [0.15, 0.2) is 0 Å². The van der Waals surface area contributed by atoms with Crippen molar-refractivity contribution in [2.24, 2.45) is 0 Å². The first-order valence-electron chi connectivity index (χ1n) is 6.41. The molecule has 0 fully saturated rings. The van der Waals surface area contributed by atoms with Crippen LogP contribution in [0.5, 0.6) is 0 Å². The summed E-state index contributed by atoms with van der Waals surface area (Å²) in [7, 11) is 0. The van der Waals surface area contributed by atoms with Crippen LogP contribution in [0, 0.1) is 5.82 Å². The van der Waals surface area contributed by atoms with Gasteiger partial charge < -0.3 is 0 Å². The van der Waals surface area contributed by atoms with E-state index < -0.39 is 17.6 Å². The highest BCUT2D eigenvalue weighted by molar-refractivity contribution is 9.10. The molecule has 0 amide bonds. The predicted molar refractivity (Wildman–Crippen MR) is 74.4 cm³/mol. The minimum Gasteiger partial charge on any atom is -0.241 e. The Morgan fingerprint density at radius 3 is 2.57 bits per heavy atom. The van der Waals surface area contributed by atoms with E-state index in [0.717, 1.165) is 48.6 Å². The molecule has 110 valence electrons. The maximum absolute atomic E-state index is 13.4. The number of hydrogen-bond acceptors (Lipinski definition) is 1. The molecule has 6 heteroatoms. The van der Waals surface area contributed by atoms with Crippen LogP contribution in [0.2, 0.25) is 0 Å². The molecular weight excluding hydrogens is 350 g/mol. The van der Waals surface area contributed by atoms with Gasteiger partial charge in [-0.3, -0.25) is 0 Å². The molecule has 0 spiro atoms. The number of aromatic nitrogens is 1. The van der Waals surface area contributed by atoms with Gasteiger partial charge in [-0.05, 0) is 70.6 Å². The van der Waals surface area contributed by atoms with E-state index in [2.05, 4.69) is 20.9 Å². The summed E-state index contributed by atoms with van der Waals surface area (Å²) in [5, 5.41) is 0. The van der Waals surface area contributed by atoms with E-state index in [0.29, 0.717) is 4.60 Å². The third kappa shape index (κ3) is 2.69. The monoisotopic (exact) mass is 359 g/mol. The van der Waals surface area contributed by atoms with Gasteiger partial charge in [0.05, 0.1) is 11.3 Å². The highest BCUT2D eigenvalue weighted by atomic mass is 79.9. The molecule has 0 unspecified atom stereocenters. The van der Waals surface area contributed by atoms with Gasteiger partial charge in [0.2, 0.25) is 0 Å². The van der Waals surface area contributed by atoms with E-state index in [4.69, 9.17) is 0 Å². The van der Waals surface area contributed by atoms with Crippen LogP contribution in [-0.4, -0.2) is 4.98 Å². The Morgan fingerprint density at radius 2 is 1.86 bits per heavy atom. The molecule has 1 aliphatic carbocycles. The number of rotatable bonds is 1. The van der Waals surface area contributed by atoms with E-state index in [1.54, 1.807) is 6.07 Å². The molecule has 1 nitrogen and oxygen atoms in total. The van der Waals surface area contributed by atoms with Crippen LogP contribution in [0.4, 0.5) is 17.6 Å². The van der Waals surface area contributed by atoms with Crippen LogP contribution in [0.15, 0.2) is 28.9 Å². The van der Waals surface area contributed by atoms with Crippen LogP contribution in [0.3, 0.4) is 0 Å². The maximum Gasteiger partial charge on any atom is 0.417 e. The Balaban J connectivity index is 2.21. The van der Waals surface area contributed by atoms with Crippen molar-refractivity contribution in [3.63, 3.8) is 0 Å². The van der Waals surface area contributed by atoms with Crippen molar-refractivity contribution < 1.29 is 17.6 Å². The van der Waals surface area contributed by atoms with Gasteiger partial charge in [-0.15, -0.1) is 0 Å². The topological polar surface area (TPSA) is 12.9 Å². The lowest BCUT2D eigenvalue weighted by Crippen LogP contribution is -2.08. The fraction of sp³-hybridized carbons (Fsp3) is 0.267. The minimum absolute atomic E-state index is 0.148. The Hall–Kier alpha value is -1.43. The molecule has 0 aliphatic heterocycles. The van der Waals surface area contributed by atoms with E-state index in [1.165, 1.54) is 0 Å². The zero-order chi connectivity index (χ0) is 15.2. The number of nitrogens with zero attached hydrogens (tertiary/aromatic N) is 1. The minimum atomic E-state index is -4.55. The van der Waals surface area contributed by atoms with Crippen molar-refractivity contribution in [1.82, 2.24) is 4.98 Å². The van der Waals surface area contributed by atoms with Gasteiger partial charge >= 0.3 is 6.18 Å². The molecule has 2 aromatic rings. The number of hydrogen-bond donors (Lipinski definition) is 0. The first kappa shape index (κ1) is 14.5. The van der Waals surface area contributed by atoms with Gasteiger partial charge in [-0.25, -0.2) is 9.37 Å². The number of aryl methyl sites for hydroxylation is 1. The van der Waals surface area contributed by atoms with Crippen molar-refractivity contribution in [2.45, 2.75) is 25.4 Å². The Bertz CT molecular complexity index is 710. The maximum atomic E-state index is 13.4. The third-order valence-corrected chi connectivity index (χ3v) is 4.26. The zero-order valence-electron chi connectivity index (χ0n) is 10.8. The molecule has 21 heavy (non-hydrogen) atoms. The molecule has 0 radical (unpaired) electrons. The number of alkyl halides is 3. The van der Waals surface area contributed by atoms with Crippen molar-refractivity contribution in [2.75, 3.05) is 0 Å². The van der Waals surface area contributed by atoms with Crippen molar-refractivity contribution in [3.05, 3.63) is 51.4 Å². The second-order valence-electron chi connectivity index (χ2n) is 4.98. The number of benzene rings is 1. The SMILES string of the molecule is Fc1ccc(C(F)(F)F)c(-c2cc3c(c(Br)n2)CCC3)c1. The van der Waals surface area contributed by atoms with Crippen LogP contribution >= 0.6 is 15.9 Å². The van der Waals surface area contributed by atoms with Gasteiger partial charge in [-0.1, -0.05) is 0 Å². The van der Waals surface area contributed by atoms with Crippen molar-refractivity contribution in [1.29, 1.82) is 0 Å². The Kier molecular flexibility index (Phi) is 3.51. The number of pyridine rings is 1. The first-order valence-corrected chi connectivity index (χ1v) is 7.21. The summed E-state index contributed by atoms with van der Waals surface area (Å²) >= 11 is 3.30. The van der Waals surface area contributed by atoms with Gasteiger partial charge in [0.1, 0.15) is 10.4 Å². The van der Waals surface area contributed by atoms with Gasteiger partial charge in [0.25, 0.3) is 0 Å². The van der Waals surface area contributed by atoms with Crippen molar-refractivity contribution >= 4 is 15.9 Å². The summed E-state index contributed by atoms with van der Waals surface area (Å²) in [6.45, 7) is 0. The second kappa shape index (κ2) is 5.09. The van der Waals surface area contributed by atoms with Gasteiger partial charge in [0, 0.05) is 5.56 Å². The molecule has 1 aromatic heterocycles. The largest absolute Gasteiger partial charge is 0.417 e. The Morgan fingerprint density at radius 1 is 1.10 bits per heavy atom.